The van der Waals surface area contributed by atoms with Crippen molar-refractivity contribution in [2.45, 2.75) is 6.61 Å². The van der Waals surface area contributed by atoms with Crippen molar-refractivity contribution in [3.8, 4) is 23.2 Å². The predicted molar refractivity (Wildman–Crippen MR) is 98.1 cm³/mol. The van der Waals surface area contributed by atoms with Crippen LogP contribution in [0, 0.1) is 11.6 Å². The summed E-state index contributed by atoms with van der Waals surface area (Å²) in [5, 5.41) is 12.5. The van der Waals surface area contributed by atoms with E-state index >= 15 is 0 Å². The molecule has 0 N–H and O–H groups in total. The van der Waals surface area contributed by atoms with Crippen LogP contribution >= 0.6 is 27.5 Å². The third-order valence-electron chi connectivity index (χ3n) is 3.57. The first-order chi connectivity index (χ1) is 13.5. The molecule has 0 fully saturated rings. The van der Waals surface area contributed by atoms with E-state index in [4.69, 9.17) is 20.8 Å². The van der Waals surface area contributed by atoms with Gasteiger partial charge in [0.15, 0.2) is 24.0 Å². The van der Waals surface area contributed by atoms with Gasteiger partial charge in [-0.3, -0.25) is 0 Å². The molecular weight excluding hydrogens is 460 g/mol. The van der Waals surface area contributed by atoms with Crippen LogP contribution in [0.2, 0.25) is 5.02 Å². The molecule has 0 saturated heterocycles. The van der Waals surface area contributed by atoms with E-state index in [-0.39, 0.29) is 24.1 Å². The maximum Gasteiger partial charge on any atom is 0.266 e. The van der Waals surface area contributed by atoms with Crippen molar-refractivity contribution in [3.05, 3.63) is 69.7 Å². The van der Waals surface area contributed by atoms with Gasteiger partial charge in [-0.15, -0.1) is 10.2 Å². The van der Waals surface area contributed by atoms with Gasteiger partial charge in [-0.1, -0.05) is 17.7 Å². The molecular formula is C17H9BrClF2N5O2. The van der Waals surface area contributed by atoms with Crippen molar-refractivity contribution in [2.24, 2.45) is 0 Å². The molecule has 0 bridgehead atoms. The average molecular weight is 469 g/mol. The predicted octanol–water partition coefficient (Wildman–Crippen LogP) is 4.59. The molecule has 0 aliphatic carbocycles. The number of hydrogen-bond donors (Lipinski definition) is 0. The van der Waals surface area contributed by atoms with Gasteiger partial charge in [0.25, 0.3) is 11.8 Å². The second kappa shape index (κ2) is 7.64. The molecule has 0 amide bonds. The van der Waals surface area contributed by atoms with E-state index < -0.39 is 11.6 Å². The number of hydrogen-bond acceptors (Lipinski definition) is 6. The van der Waals surface area contributed by atoms with Gasteiger partial charge in [-0.05, 0) is 40.2 Å². The Hall–Kier alpha value is -2.85. The zero-order chi connectivity index (χ0) is 19.7. The quantitative estimate of drug-likeness (QED) is 0.426. The molecule has 3 aromatic heterocycles. The number of rotatable bonds is 5. The monoisotopic (exact) mass is 467 g/mol. The smallest absolute Gasteiger partial charge is 0.266 e. The molecule has 0 aliphatic rings. The third-order valence-corrected chi connectivity index (χ3v) is 4.26. The standard InChI is InChI=1S/C17H9BrClF2N5O2/c18-13-7-11(26(25-13)16-9(19)3-2-6-22-16)17-24-23-14(28-17)8-27-12-5-1-4-10(20)15(12)21/h1-7H,8H2. The summed E-state index contributed by atoms with van der Waals surface area (Å²) in [5.74, 6) is -1.79. The van der Waals surface area contributed by atoms with E-state index in [2.05, 4.69) is 36.2 Å². The summed E-state index contributed by atoms with van der Waals surface area (Å²) in [5.41, 5.74) is 0.433. The van der Waals surface area contributed by atoms with Crippen LogP contribution in [0.1, 0.15) is 5.89 Å². The van der Waals surface area contributed by atoms with Crippen molar-refractivity contribution < 1.29 is 17.9 Å². The lowest BCUT2D eigenvalue weighted by atomic mass is 10.3. The second-order valence-corrected chi connectivity index (χ2v) is 6.63. The van der Waals surface area contributed by atoms with Crippen LogP contribution in [0.25, 0.3) is 17.4 Å². The van der Waals surface area contributed by atoms with Crippen LogP contribution in [0.5, 0.6) is 5.75 Å². The van der Waals surface area contributed by atoms with Gasteiger partial charge in [0.05, 0.1) is 5.02 Å². The molecule has 28 heavy (non-hydrogen) atoms. The number of ether oxygens (including phenoxy) is 1. The normalized spacial score (nSPS) is 11.0. The molecule has 7 nitrogen and oxygen atoms in total. The Labute approximate surface area is 170 Å². The van der Waals surface area contributed by atoms with Crippen LogP contribution in [0.15, 0.2) is 51.6 Å². The average Bonchev–Trinajstić information content (AvgIpc) is 3.30. The summed E-state index contributed by atoms with van der Waals surface area (Å²) < 4.78 is 39.6. The summed E-state index contributed by atoms with van der Waals surface area (Å²) in [6.07, 6.45) is 1.57. The van der Waals surface area contributed by atoms with E-state index in [1.165, 1.54) is 16.8 Å². The number of halogens is 4. The number of pyridine rings is 1. The zero-order valence-corrected chi connectivity index (χ0v) is 16.2. The summed E-state index contributed by atoms with van der Waals surface area (Å²) in [6, 6.07) is 8.64. The van der Waals surface area contributed by atoms with Crippen molar-refractivity contribution in [1.82, 2.24) is 25.0 Å². The largest absolute Gasteiger partial charge is 0.481 e. The first kappa shape index (κ1) is 18.5. The van der Waals surface area contributed by atoms with Gasteiger partial charge in [0, 0.05) is 12.3 Å². The molecule has 4 rings (SSSR count). The molecule has 0 spiro atoms. The third kappa shape index (κ3) is 3.60. The Morgan fingerprint density at radius 1 is 1.18 bits per heavy atom. The van der Waals surface area contributed by atoms with Crippen LogP contribution in [-0.2, 0) is 6.61 Å². The topological polar surface area (TPSA) is 78.9 Å². The fraction of sp³-hybridized carbons (Fsp3) is 0.0588. The SMILES string of the molecule is Fc1cccc(OCc2nnc(-c3cc(Br)nn3-c3ncccc3Cl)o2)c1F. The van der Waals surface area contributed by atoms with Gasteiger partial charge in [-0.25, -0.2) is 14.1 Å². The van der Waals surface area contributed by atoms with E-state index in [1.807, 2.05) is 0 Å². The molecule has 0 saturated carbocycles. The Balaban J connectivity index is 1.60. The van der Waals surface area contributed by atoms with Gasteiger partial charge in [-0.2, -0.15) is 9.49 Å². The summed E-state index contributed by atoms with van der Waals surface area (Å²) in [6.45, 7) is -0.243. The van der Waals surface area contributed by atoms with Crippen LogP contribution in [0.3, 0.4) is 0 Å². The molecule has 11 heteroatoms. The lowest BCUT2D eigenvalue weighted by Crippen LogP contribution is -2.02. The van der Waals surface area contributed by atoms with Gasteiger partial charge < -0.3 is 9.15 Å². The Kier molecular flexibility index (Phi) is 5.05. The number of benzene rings is 1. The van der Waals surface area contributed by atoms with Gasteiger partial charge >= 0.3 is 0 Å². The summed E-state index contributed by atoms with van der Waals surface area (Å²) in [7, 11) is 0. The minimum atomic E-state index is -1.09. The van der Waals surface area contributed by atoms with E-state index in [9.17, 15) is 8.78 Å². The Morgan fingerprint density at radius 3 is 2.86 bits per heavy atom. The molecule has 3 heterocycles. The highest BCUT2D eigenvalue weighted by Crippen LogP contribution is 2.28. The Bertz CT molecular complexity index is 1150. The van der Waals surface area contributed by atoms with E-state index in [0.717, 1.165) is 6.07 Å². The molecule has 0 radical (unpaired) electrons. The Morgan fingerprint density at radius 2 is 2.04 bits per heavy atom. The van der Waals surface area contributed by atoms with Crippen molar-refractivity contribution in [1.29, 1.82) is 0 Å². The fourth-order valence-electron chi connectivity index (χ4n) is 2.35. The number of nitrogens with zero attached hydrogens (tertiary/aromatic N) is 5. The molecule has 1 aromatic carbocycles. The minimum absolute atomic E-state index is 0.0645. The highest BCUT2D eigenvalue weighted by atomic mass is 79.9. The minimum Gasteiger partial charge on any atom is -0.481 e. The fourth-order valence-corrected chi connectivity index (χ4v) is 2.93. The molecule has 142 valence electrons. The van der Waals surface area contributed by atoms with Crippen molar-refractivity contribution in [3.63, 3.8) is 0 Å². The summed E-state index contributed by atoms with van der Waals surface area (Å²) in [4.78, 5) is 4.20. The zero-order valence-electron chi connectivity index (χ0n) is 13.8. The van der Waals surface area contributed by atoms with Crippen molar-refractivity contribution in [2.75, 3.05) is 0 Å². The second-order valence-electron chi connectivity index (χ2n) is 5.41. The van der Waals surface area contributed by atoms with Crippen LogP contribution < -0.4 is 4.74 Å². The van der Waals surface area contributed by atoms with Gasteiger partial charge in [0.1, 0.15) is 10.3 Å². The maximum absolute atomic E-state index is 13.7. The molecule has 0 unspecified atom stereocenters. The highest BCUT2D eigenvalue weighted by molar-refractivity contribution is 9.10. The van der Waals surface area contributed by atoms with Gasteiger partial charge in [0.2, 0.25) is 5.82 Å². The lowest BCUT2D eigenvalue weighted by Gasteiger charge is -2.05. The molecule has 0 aliphatic heterocycles. The first-order valence-corrected chi connectivity index (χ1v) is 8.96. The lowest BCUT2D eigenvalue weighted by molar-refractivity contribution is 0.249. The maximum atomic E-state index is 13.7. The van der Waals surface area contributed by atoms with Crippen LogP contribution in [-0.4, -0.2) is 25.0 Å². The van der Waals surface area contributed by atoms with E-state index in [1.54, 1.807) is 24.4 Å². The summed E-state index contributed by atoms with van der Waals surface area (Å²) >= 11 is 9.48. The highest BCUT2D eigenvalue weighted by Gasteiger charge is 2.19. The number of aromatic nitrogens is 5. The first-order valence-electron chi connectivity index (χ1n) is 7.79. The van der Waals surface area contributed by atoms with Crippen molar-refractivity contribution >= 4 is 27.5 Å². The molecule has 4 aromatic rings. The van der Waals surface area contributed by atoms with Crippen LogP contribution in [0.4, 0.5) is 8.78 Å². The van der Waals surface area contributed by atoms with E-state index in [0.29, 0.717) is 21.1 Å². The molecule has 0 atom stereocenters.